The van der Waals surface area contributed by atoms with Crippen molar-refractivity contribution in [3.8, 4) is 0 Å². The first-order valence-corrected chi connectivity index (χ1v) is 5.76. The van der Waals surface area contributed by atoms with E-state index in [9.17, 15) is 0 Å². The zero-order chi connectivity index (χ0) is 12.0. The smallest absolute Gasteiger partial charge is 0.0676 e. The van der Waals surface area contributed by atoms with E-state index in [0.29, 0.717) is 0 Å². The van der Waals surface area contributed by atoms with Gasteiger partial charge in [0.1, 0.15) is 0 Å². The first kappa shape index (κ1) is 13.1. The van der Waals surface area contributed by atoms with Crippen molar-refractivity contribution in [3.63, 3.8) is 0 Å². The van der Waals surface area contributed by atoms with E-state index in [2.05, 4.69) is 17.1 Å². The highest BCUT2D eigenvalue weighted by Crippen LogP contribution is 2.19. The fraction of sp³-hybridized carbons (Fsp3) is 0.667. The Morgan fingerprint density at radius 2 is 2.19 bits per heavy atom. The number of ether oxygens (including phenoxy) is 1. The normalized spacial score (nSPS) is 12.8. The van der Waals surface area contributed by atoms with Crippen LogP contribution in [-0.4, -0.2) is 23.9 Å². The molecule has 90 valence electrons. The molecule has 4 nitrogen and oxygen atoms in total. The molecule has 16 heavy (non-hydrogen) atoms. The van der Waals surface area contributed by atoms with Gasteiger partial charge < -0.3 is 10.5 Å². The SMILES string of the molecule is CCc1nnc(C)cc1C(N)CCCOC. The summed E-state index contributed by atoms with van der Waals surface area (Å²) in [5.41, 5.74) is 9.22. The van der Waals surface area contributed by atoms with Crippen LogP contribution in [0.4, 0.5) is 0 Å². The lowest BCUT2D eigenvalue weighted by molar-refractivity contribution is 0.190. The van der Waals surface area contributed by atoms with E-state index >= 15 is 0 Å². The summed E-state index contributed by atoms with van der Waals surface area (Å²) >= 11 is 0. The first-order valence-electron chi connectivity index (χ1n) is 5.76. The van der Waals surface area contributed by atoms with Crippen LogP contribution in [0.5, 0.6) is 0 Å². The zero-order valence-corrected chi connectivity index (χ0v) is 10.4. The van der Waals surface area contributed by atoms with Gasteiger partial charge in [-0.3, -0.25) is 0 Å². The minimum absolute atomic E-state index is 0.0410. The summed E-state index contributed by atoms with van der Waals surface area (Å²) in [6.07, 6.45) is 2.77. The van der Waals surface area contributed by atoms with E-state index in [-0.39, 0.29) is 6.04 Å². The van der Waals surface area contributed by atoms with Gasteiger partial charge >= 0.3 is 0 Å². The van der Waals surface area contributed by atoms with Gasteiger partial charge in [0, 0.05) is 19.8 Å². The number of rotatable bonds is 6. The molecular weight excluding hydrogens is 202 g/mol. The topological polar surface area (TPSA) is 61.0 Å². The molecule has 4 heteroatoms. The second-order valence-corrected chi connectivity index (χ2v) is 3.98. The molecule has 1 aromatic rings. The Bertz CT molecular complexity index is 328. The number of hydrogen-bond donors (Lipinski definition) is 1. The van der Waals surface area contributed by atoms with Gasteiger partial charge in [-0.1, -0.05) is 6.92 Å². The summed E-state index contributed by atoms with van der Waals surface area (Å²) in [5, 5.41) is 8.24. The number of aromatic nitrogens is 2. The van der Waals surface area contributed by atoms with E-state index in [0.717, 1.165) is 42.8 Å². The van der Waals surface area contributed by atoms with E-state index in [1.807, 2.05) is 13.0 Å². The molecular formula is C12H21N3O. The average molecular weight is 223 g/mol. The summed E-state index contributed by atoms with van der Waals surface area (Å²) < 4.78 is 5.02. The third kappa shape index (κ3) is 3.54. The van der Waals surface area contributed by atoms with Crippen molar-refractivity contribution in [1.29, 1.82) is 0 Å². The lowest BCUT2D eigenvalue weighted by Crippen LogP contribution is -2.15. The minimum Gasteiger partial charge on any atom is -0.385 e. The maximum Gasteiger partial charge on any atom is 0.0676 e. The van der Waals surface area contributed by atoms with Crippen molar-refractivity contribution in [2.75, 3.05) is 13.7 Å². The lowest BCUT2D eigenvalue weighted by atomic mass is 10.0. The first-order chi connectivity index (χ1) is 7.69. The van der Waals surface area contributed by atoms with Crippen LogP contribution in [0.1, 0.15) is 42.8 Å². The van der Waals surface area contributed by atoms with Gasteiger partial charge in [0.15, 0.2) is 0 Å². The highest BCUT2D eigenvalue weighted by Gasteiger charge is 2.12. The number of nitrogens with zero attached hydrogens (tertiary/aromatic N) is 2. The predicted molar refractivity (Wildman–Crippen MR) is 64.2 cm³/mol. The monoisotopic (exact) mass is 223 g/mol. The fourth-order valence-corrected chi connectivity index (χ4v) is 1.73. The van der Waals surface area contributed by atoms with Crippen molar-refractivity contribution in [2.45, 2.75) is 39.2 Å². The van der Waals surface area contributed by atoms with Crippen LogP contribution < -0.4 is 5.73 Å². The molecule has 0 aliphatic heterocycles. The number of methoxy groups -OCH3 is 1. The van der Waals surface area contributed by atoms with Crippen molar-refractivity contribution in [3.05, 3.63) is 23.0 Å². The molecule has 0 amide bonds. The molecule has 1 atom stereocenters. The quantitative estimate of drug-likeness (QED) is 0.747. The van der Waals surface area contributed by atoms with Gasteiger partial charge in [-0.25, -0.2) is 0 Å². The minimum atomic E-state index is 0.0410. The summed E-state index contributed by atoms with van der Waals surface area (Å²) in [7, 11) is 1.71. The number of hydrogen-bond acceptors (Lipinski definition) is 4. The zero-order valence-electron chi connectivity index (χ0n) is 10.4. The number of aryl methyl sites for hydroxylation is 2. The Morgan fingerprint density at radius 1 is 1.44 bits per heavy atom. The molecule has 0 bridgehead atoms. The molecule has 0 aromatic carbocycles. The largest absolute Gasteiger partial charge is 0.385 e. The summed E-state index contributed by atoms with van der Waals surface area (Å²) in [5.74, 6) is 0. The maximum absolute atomic E-state index is 6.16. The van der Waals surface area contributed by atoms with Gasteiger partial charge in [-0.15, -0.1) is 0 Å². The van der Waals surface area contributed by atoms with Crippen LogP contribution in [0.15, 0.2) is 6.07 Å². The summed E-state index contributed by atoms with van der Waals surface area (Å²) in [6, 6.07) is 2.09. The Balaban J connectivity index is 2.72. The molecule has 2 N–H and O–H groups in total. The van der Waals surface area contributed by atoms with Crippen molar-refractivity contribution in [2.24, 2.45) is 5.73 Å². The van der Waals surface area contributed by atoms with Crippen LogP contribution in [0.25, 0.3) is 0 Å². The van der Waals surface area contributed by atoms with Gasteiger partial charge in [0.05, 0.1) is 11.4 Å². The molecule has 0 aliphatic rings. The summed E-state index contributed by atoms with van der Waals surface area (Å²) in [4.78, 5) is 0. The maximum atomic E-state index is 6.16. The van der Waals surface area contributed by atoms with Crippen molar-refractivity contribution < 1.29 is 4.74 Å². The third-order valence-corrected chi connectivity index (χ3v) is 2.62. The Kier molecular flexibility index (Phi) is 5.35. The van der Waals surface area contributed by atoms with E-state index in [4.69, 9.17) is 10.5 Å². The Hall–Kier alpha value is -1.00. The molecule has 0 radical (unpaired) electrons. The second-order valence-electron chi connectivity index (χ2n) is 3.98. The molecule has 1 heterocycles. The fourth-order valence-electron chi connectivity index (χ4n) is 1.73. The Morgan fingerprint density at radius 3 is 2.81 bits per heavy atom. The standard InChI is InChI=1S/C12H21N3O/c1-4-12-10(8-9(2)14-15-12)11(13)6-5-7-16-3/h8,11H,4-7,13H2,1-3H3. The van der Waals surface area contributed by atoms with E-state index in [1.54, 1.807) is 7.11 Å². The van der Waals surface area contributed by atoms with E-state index in [1.165, 1.54) is 0 Å². The van der Waals surface area contributed by atoms with Gasteiger partial charge in [-0.2, -0.15) is 10.2 Å². The van der Waals surface area contributed by atoms with Crippen LogP contribution in [-0.2, 0) is 11.2 Å². The third-order valence-electron chi connectivity index (χ3n) is 2.62. The molecule has 0 saturated carbocycles. The van der Waals surface area contributed by atoms with Crippen molar-refractivity contribution in [1.82, 2.24) is 10.2 Å². The Labute approximate surface area is 97.2 Å². The van der Waals surface area contributed by atoms with Crippen LogP contribution in [0.2, 0.25) is 0 Å². The van der Waals surface area contributed by atoms with Gasteiger partial charge in [-0.05, 0) is 37.8 Å². The summed E-state index contributed by atoms with van der Waals surface area (Å²) in [6.45, 7) is 4.77. The van der Waals surface area contributed by atoms with Crippen LogP contribution in [0, 0.1) is 6.92 Å². The predicted octanol–water partition coefficient (Wildman–Crippen LogP) is 1.77. The second kappa shape index (κ2) is 6.55. The molecule has 0 aliphatic carbocycles. The number of nitrogens with two attached hydrogens (primary N) is 1. The van der Waals surface area contributed by atoms with Crippen LogP contribution >= 0.6 is 0 Å². The lowest BCUT2D eigenvalue weighted by Gasteiger charge is -2.14. The molecule has 1 unspecified atom stereocenters. The molecule has 0 fully saturated rings. The highest BCUT2D eigenvalue weighted by atomic mass is 16.5. The molecule has 1 aromatic heterocycles. The average Bonchev–Trinajstić information content (AvgIpc) is 2.29. The molecule has 0 saturated heterocycles. The van der Waals surface area contributed by atoms with E-state index < -0.39 is 0 Å². The van der Waals surface area contributed by atoms with Gasteiger partial charge in [0.2, 0.25) is 0 Å². The highest BCUT2D eigenvalue weighted by molar-refractivity contribution is 5.24. The van der Waals surface area contributed by atoms with Crippen molar-refractivity contribution >= 4 is 0 Å². The van der Waals surface area contributed by atoms with Gasteiger partial charge in [0.25, 0.3) is 0 Å². The molecule has 0 spiro atoms. The van der Waals surface area contributed by atoms with Crippen LogP contribution in [0.3, 0.4) is 0 Å². The molecule has 1 rings (SSSR count).